The van der Waals surface area contributed by atoms with Gasteiger partial charge < -0.3 is 63.4 Å². The van der Waals surface area contributed by atoms with Crippen LogP contribution in [0.25, 0.3) is 0 Å². The van der Waals surface area contributed by atoms with Gasteiger partial charge in [0.05, 0.1) is 29.0 Å². The van der Waals surface area contributed by atoms with E-state index in [1.54, 1.807) is 65.8 Å². The molecule has 2 heterocycles. The van der Waals surface area contributed by atoms with Gasteiger partial charge in [0.15, 0.2) is 12.2 Å². The van der Waals surface area contributed by atoms with Crippen LogP contribution in [0.1, 0.15) is 86.8 Å². The fraction of sp³-hybridized carbons (Fsp3) is 0.682. The van der Waals surface area contributed by atoms with Crippen LogP contribution in [0.4, 0.5) is 0 Å². The van der Waals surface area contributed by atoms with Gasteiger partial charge in [0.25, 0.3) is 0 Å². The van der Waals surface area contributed by atoms with E-state index >= 15 is 0 Å². The van der Waals surface area contributed by atoms with E-state index in [0.29, 0.717) is 5.56 Å². The van der Waals surface area contributed by atoms with Crippen LogP contribution < -0.4 is 0 Å². The van der Waals surface area contributed by atoms with Gasteiger partial charge in [-0.3, -0.25) is 0 Å². The molecule has 2 fully saturated rings. The van der Waals surface area contributed by atoms with Gasteiger partial charge in [-0.2, -0.15) is 0 Å². The molecule has 0 spiro atoms. The van der Waals surface area contributed by atoms with E-state index in [9.17, 15) is 35.1 Å². The maximum Gasteiger partial charge on any atom is 0.338 e. The highest BCUT2D eigenvalue weighted by Crippen LogP contribution is 2.38. The average Bonchev–Trinajstić information content (AvgIpc) is 3.17. The molecule has 15 nitrogen and oxygen atoms in total. The zero-order valence-electron chi connectivity index (χ0n) is 36.2. The number of aliphatic hydroxyl groups excluding tert-OH is 4. The van der Waals surface area contributed by atoms with Crippen molar-refractivity contribution in [3.8, 4) is 5.75 Å². The number of hydrogen-bond acceptors (Lipinski definition) is 15. The maximum absolute atomic E-state index is 13.7. The van der Waals surface area contributed by atoms with Crippen molar-refractivity contribution in [2.24, 2.45) is 5.92 Å². The number of methoxy groups -OCH3 is 1. The van der Waals surface area contributed by atoms with E-state index in [-0.39, 0.29) is 37.9 Å². The van der Waals surface area contributed by atoms with Crippen LogP contribution in [0, 0.1) is 5.92 Å². The number of ether oxygens (including phenoxy) is 8. The summed E-state index contributed by atoms with van der Waals surface area (Å²) in [5, 5.41) is 55.3. The number of phenolic OH excluding ortho intramolecular Hbond substituents is 1. The third-order valence-corrected chi connectivity index (χ3v) is 11.5. The van der Waals surface area contributed by atoms with Crippen LogP contribution in [-0.4, -0.2) is 135 Å². The first kappa shape index (κ1) is 48.4. The fourth-order valence-electron chi connectivity index (χ4n) is 6.84. The molecular weight excluding hydrogens is 768 g/mol. The van der Waals surface area contributed by atoms with Gasteiger partial charge in [-0.05, 0) is 91.0 Å². The minimum Gasteiger partial charge on any atom is -0.508 e. The Morgan fingerprint density at radius 2 is 1.12 bits per heavy atom. The first-order valence-electron chi connectivity index (χ1n) is 20.1. The van der Waals surface area contributed by atoms with Crippen molar-refractivity contribution in [3.63, 3.8) is 0 Å². The van der Waals surface area contributed by atoms with Crippen molar-refractivity contribution in [2.75, 3.05) is 13.7 Å². The lowest BCUT2D eigenvalue weighted by atomic mass is 9.85. The van der Waals surface area contributed by atoms with Gasteiger partial charge in [0.1, 0.15) is 67.8 Å². The van der Waals surface area contributed by atoms with Gasteiger partial charge in [-0.1, -0.05) is 56.3 Å². The molecule has 2 aromatic rings. The van der Waals surface area contributed by atoms with Gasteiger partial charge in [-0.25, -0.2) is 9.59 Å². The summed E-state index contributed by atoms with van der Waals surface area (Å²) >= 11 is 0. The normalized spacial score (nSPS) is 28.3. The smallest absolute Gasteiger partial charge is 0.338 e. The summed E-state index contributed by atoms with van der Waals surface area (Å²) in [6.07, 6.45) is -14.0. The number of benzene rings is 2. The van der Waals surface area contributed by atoms with Crippen LogP contribution in [-0.2, 0) is 60.7 Å². The molecule has 59 heavy (non-hydrogen) atoms. The number of aromatic hydroxyl groups is 1. The molecule has 2 saturated heterocycles. The molecule has 15 heteroatoms. The van der Waals surface area contributed by atoms with Gasteiger partial charge in [-0.15, -0.1) is 0 Å². The van der Waals surface area contributed by atoms with E-state index in [1.165, 1.54) is 19.2 Å². The van der Waals surface area contributed by atoms with Crippen molar-refractivity contribution in [2.45, 2.75) is 172 Å². The van der Waals surface area contributed by atoms with Gasteiger partial charge >= 0.3 is 11.9 Å². The van der Waals surface area contributed by atoms with Crippen molar-refractivity contribution in [1.29, 1.82) is 0 Å². The second kappa shape index (κ2) is 19.7. The van der Waals surface area contributed by atoms with Gasteiger partial charge in [0, 0.05) is 7.11 Å². The Labute approximate surface area is 347 Å². The number of carbonyl (C=O) groups excluding carboxylic acids is 2. The lowest BCUT2D eigenvalue weighted by molar-refractivity contribution is -0.294. The van der Waals surface area contributed by atoms with Crippen LogP contribution in [0.5, 0.6) is 5.75 Å². The summed E-state index contributed by atoms with van der Waals surface area (Å²) in [5.74, 6) is -1.61. The number of esters is 2. The molecule has 2 unspecified atom stereocenters. The Balaban J connectivity index is 1.48. The van der Waals surface area contributed by atoms with E-state index in [2.05, 4.69) is 0 Å². The number of phenols is 1. The minimum absolute atomic E-state index is 0.0202. The molecule has 5 N–H and O–H groups in total. The molecule has 2 aliphatic rings. The SMILES string of the molecule is COC(C)(C)[C@@H]1OC(C(=O)OCc2ccccc2)[C@@H](OC(C)(C)CCOC(C)(C)[C@@H]2OC(C(=O)OCc3ccc(O)cc3)[C@@H](OC(C)(C)C(C)C)[C@H](O)[C@@H]2O)[C@H](O)[C@@H]1O. The Bertz CT molecular complexity index is 1640. The number of hydrogen-bond donors (Lipinski definition) is 5. The third-order valence-electron chi connectivity index (χ3n) is 11.5. The molecule has 4 rings (SSSR count). The largest absolute Gasteiger partial charge is 0.508 e. The van der Waals surface area contributed by atoms with Crippen molar-refractivity contribution in [1.82, 2.24) is 0 Å². The van der Waals surface area contributed by atoms with Crippen molar-refractivity contribution >= 4 is 11.9 Å². The molecule has 2 aliphatic heterocycles. The summed E-state index contributed by atoms with van der Waals surface area (Å²) in [6.45, 7) is 17.3. The Kier molecular flexibility index (Phi) is 16.1. The summed E-state index contributed by atoms with van der Waals surface area (Å²) in [4.78, 5) is 27.3. The monoisotopic (exact) mass is 834 g/mol. The first-order valence-corrected chi connectivity index (χ1v) is 20.1. The van der Waals surface area contributed by atoms with Crippen LogP contribution in [0.2, 0.25) is 0 Å². The van der Waals surface area contributed by atoms with Crippen LogP contribution in [0.15, 0.2) is 54.6 Å². The Hall–Kier alpha value is -3.22. The zero-order chi connectivity index (χ0) is 44.1. The topological polar surface area (TPSA) is 209 Å². The first-order chi connectivity index (χ1) is 27.4. The van der Waals surface area contributed by atoms with Crippen molar-refractivity contribution < 1.29 is 73.0 Å². The van der Waals surface area contributed by atoms with E-state index in [0.717, 1.165) is 5.56 Å². The second-order valence-electron chi connectivity index (χ2n) is 18.0. The van der Waals surface area contributed by atoms with E-state index in [4.69, 9.17) is 37.9 Å². The van der Waals surface area contributed by atoms with Crippen LogP contribution in [0.3, 0.4) is 0 Å². The highest BCUT2D eigenvalue weighted by atomic mass is 16.6. The van der Waals surface area contributed by atoms with E-state index < -0.39 is 95.4 Å². The van der Waals surface area contributed by atoms with E-state index in [1.807, 2.05) is 45.9 Å². The molecule has 0 radical (unpaired) electrons. The van der Waals surface area contributed by atoms with Gasteiger partial charge in [0.2, 0.25) is 0 Å². The molecule has 0 aliphatic carbocycles. The number of carbonyl (C=O) groups is 2. The molecule has 10 atom stereocenters. The highest BCUT2D eigenvalue weighted by molar-refractivity contribution is 5.76. The average molecular weight is 835 g/mol. The molecule has 0 saturated carbocycles. The lowest BCUT2D eigenvalue weighted by Crippen LogP contribution is -2.67. The lowest BCUT2D eigenvalue weighted by Gasteiger charge is -2.49. The maximum atomic E-state index is 13.7. The Morgan fingerprint density at radius 1 is 0.661 bits per heavy atom. The van der Waals surface area contributed by atoms with Crippen molar-refractivity contribution in [3.05, 3.63) is 65.7 Å². The Morgan fingerprint density at radius 3 is 1.59 bits per heavy atom. The minimum atomic E-state index is -1.58. The third kappa shape index (κ3) is 12.2. The standard InChI is InChI=1S/C44H66O15/c1-25(2)42(5,6)59-34-30(47)32(49)38(57-36(34)40(51)54-24-27-17-19-28(45)20-18-27)44(9,10)55-22-21-41(3,4)58-33-29(46)31(48)37(43(7,8)52-11)56-35(33)39(50)53-23-26-15-13-12-14-16-26/h12-20,25,29-38,45-49H,21-24H2,1-11H3/t29-,30-,31+,32+,33+,34+,35?,36?,37-,38-/m1/s1. The predicted molar refractivity (Wildman–Crippen MR) is 214 cm³/mol. The quantitative estimate of drug-likeness (QED) is 0.136. The highest BCUT2D eigenvalue weighted by Gasteiger charge is 2.56. The molecule has 0 amide bonds. The molecular formula is C44H66O15. The molecule has 2 aromatic carbocycles. The molecule has 0 bridgehead atoms. The zero-order valence-corrected chi connectivity index (χ0v) is 36.2. The summed E-state index contributed by atoms with van der Waals surface area (Å²) in [5.41, 5.74) is -3.02. The van der Waals surface area contributed by atoms with Crippen LogP contribution >= 0.6 is 0 Å². The molecule has 0 aromatic heterocycles. The molecule has 332 valence electrons. The summed E-state index contributed by atoms with van der Waals surface area (Å²) < 4.78 is 48.1. The number of rotatable bonds is 18. The fourth-order valence-corrected chi connectivity index (χ4v) is 6.84. The summed E-state index contributed by atoms with van der Waals surface area (Å²) in [6, 6.07) is 15.2. The predicted octanol–water partition coefficient (Wildman–Crippen LogP) is 3.75. The number of aliphatic hydroxyl groups is 4. The second-order valence-corrected chi connectivity index (χ2v) is 18.0. The summed E-state index contributed by atoms with van der Waals surface area (Å²) in [7, 11) is 1.43.